The van der Waals surface area contributed by atoms with Gasteiger partial charge >= 0.3 is 12.0 Å². The first-order valence-electron chi connectivity index (χ1n) is 9.31. The average Bonchev–Trinajstić information content (AvgIpc) is 2.75. The standard InChI is InChI=1S/C24H18N2O4/c1-15-10-12-16(13-11-15)17-6-2-4-8-20(17)25-24(30)26-14-19(23(28)29)22(27)18-7-3-5-9-21(18)26/h2-14H,1H3,(H,25,30)(H,28,29). The zero-order chi connectivity index (χ0) is 21.3. The number of benzene rings is 3. The van der Waals surface area contributed by atoms with E-state index in [1.807, 2.05) is 43.3 Å². The molecule has 3 aromatic carbocycles. The third kappa shape index (κ3) is 3.46. The van der Waals surface area contributed by atoms with E-state index in [-0.39, 0.29) is 5.39 Å². The van der Waals surface area contributed by atoms with Gasteiger partial charge in [-0.3, -0.25) is 9.36 Å². The van der Waals surface area contributed by atoms with Crippen molar-refractivity contribution in [1.29, 1.82) is 0 Å². The molecule has 1 aromatic heterocycles. The number of anilines is 1. The summed E-state index contributed by atoms with van der Waals surface area (Å²) in [5.41, 5.74) is 2.71. The van der Waals surface area contributed by atoms with Crippen molar-refractivity contribution < 1.29 is 14.7 Å². The topological polar surface area (TPSA) is 88.4 Å². The van der Waals surface area contributed by atoms with Crippen LogP contribution in [-0.4, -0.2) is 21.7 Å². The molecule has 0 saturated heterocycles. The van der Waals surface area contributed by atoms with Crippen molar-refractivity contribution in [2.75, 3.05) is 5.32 Å². The Balaban J connectivity index is 1.80. The lowest BCUT2D eigenvalue weighted by molar-refractivity contribution is 0.0695. The highest BCUT2D eigenvalue weighted by molar-refractivity contribution is 6.02. The Hall–Kier alpha value is -4.19. The average molecular weight is 398 g/mol. The number of aromatic nitrogens is 1. The second kappa shape index (κ2) is 7.67. The summed E-state index contributed by atoms with van der Waals surface area (Å²) in [6.45, 7) is 2.00. The molecular weight excluding hydrogens is 380 g/mol. The third-order valence-corrected chi connectivity index (χ3v) is 4.89. The van der Waals surface area contributed by atoms with Crippen LogP contribution in [-0.2, 0) is 0 Å². The number of pyridine rings is 1. The normalized spacial score (nSPS) is 10.7. The highest BCUT2D eigenvalue weighted by Crippen LogP contribution is 2.28. The first-order chi connectivity index (χ1) is 14.5. The van der Waals surface area contributed by atoms with E-state index in [1.165, 1.54) is 6.07 Å². The molecule has 4 rings (SSSR count). The molecule has 2 N–H and O–H groups in total. The SMILES string of the molecule is Cc1ccc(-c2ccccc2NC(=O)n2cc(C(=O)O)c(=O)c3ccccc32)cc1. The largest absolute Gasteiger partial charge is 0.477 e. The number of aryl methyl sites for hydroxylation is 1. The van der Waals surface area contributed by atoms with E-state index < -0.39 is 23.0 Å². The van der Waals surface area contributed by atoms with Crippen molar-refractivity contribution in [3.8, 4) is 11.1 Å². The molecule has 6 heteroatoms. The van der Waals surface area contributed by atoms with Gasteiger partial charge in [-0.15, -0.1) is 0 Å². The van der Waals surface area contributed by atoms with E-state index in [0.29, 0.717) is 11.2 Å². The molecule has 0 radical (unpaired) electrons. The van der Waals surface area contributed by atoms with Crippen molar-refractivity contribution in [3.05, 3.63) is 100 Å². The molecule has 0 unspecified atom stereocenters. The van der Waals surface area contributed by atoms with Crippen LogP contribution >= 0.6 is 0 Å². The maximum Gasteiger partial charge on any atom is 0.341 e. The van der Waals surface area contributed by atoms with Gasteiger partial charge in [-0.25, -0.2) is 9.59 Å². The fourth-order valence-corrected chi connectivity index (χ4v) is 3.35. The van der Waals surface area contributed by atoms with E-state index in [4.69, 9.17) is 0 Å². The van der Waals surface area contributed by atoms with Gasteiger partial charge in [0.05, 0.1) is 11.2 Å². The van der Waals surface area contributed by atoms with E-state index in [2.05, 4.69) is 5.32 Å². The van der Waals surface area contributed by atoms with Crippen LogP contribution in [0.3, 0.4) is 0 Å². The summed E-state index contributed by atoms with van der Waals surface area (Å²) in [4.78, 5) is 37.1. The number of fused-ring (bicyclic) bond motifs is 1. The predicted molar refractivity (Wildman–Crippen MR) is 116 cm³/mol. The van der Waals surface area contributed by atoms with E-state index in [0.717, 1.165) is 27.5 Å². The van der Waals surface area contributed by atoms with Gasteiger partial charge in [0.2, 0.25) is 5.43 Å². The number of carboxylic acid groups (broad SMARTS) is 1. The molecule has 4 aromatic rings. The number of aromatic carboxylic acids is 1. The quantitative estimate of drug-likeness (QED) is 0.521. The minimum Gasteiger partial charge on any atom is -0.477 e. The van der Waals surface area contributed by atoms with Gasteiger partial charge < -0.3 is 10.4 Å². The Morgan fingerprint density at radius 3 is 2.30 bits per heavy atom. The van der Waals surface area contributed by atoms with Crippen LogP contribution in [0.15, 0.2) is 83.8 Å². The number of carbonyl (C=O) groups is 2. The van der Waals surface area contributed by atoms with Gasteiger partial charge in [-0.05, 0) is 30.7 Å². The lowest BCUT2D eigenvalue weighted by Crippen LogP contribution is -2.25. The summed E-state index contributed by atoms with van der Waals surface area (Å²) in [6.07, 6.45) is 1.07. The fourth-order valence-electron chi connectivity index (χ4n) is 3.35. The molecule has 148 valence electrons. The Morgan fingerprint density at radius 2 is 1.57 bits per heavy atom. The number of carbonyl (C=O) groups excluding carboxylic acids is 1. The zero-order valence-corrected chi connectivity index (χ0v) is 16.1. The molecule has 0 aliphatic carbocycles. The zero-order valence-electron chi connectivity index (χ0n) is 16.1. The van der Waals surface area contributed by atoms with Crippen LogP contribution in [0.25, 0.3) is 22.0 Å². The van der Waals surface area contributed by atoms with Crippen LogP contribution in [0.2, 0.25) is 0 Å². The second-order valence-corrected chi connectivity index (χ2v) is 6.91. The Labute approximate surface area is 172 Å². The monoisotopic (exact) mass is 398 g/mol. The minimum absolute atomic E-state index is 0.166. The predicted octanol–water partition coefficient (Wildman–Crippen LogP) is 4.76. The van der Waals surface area contributed by atoms with Crippen molar-refractivity contribution in [2.45, 2.75) is 6.92 Å². The molecule has 0 bridgehead atoms. The number of hydrogen-bond acceptors (Lipinski definition) is 3. The van der Waals surface area contributed by atoms with Crippen molar-refractivity contribution in [3.63, 3.8) is 0 Å². The van der Waals surface area contributed by atoms with Gasteiger partial charge in [-0.1, -0.05) is 60.2 Å². The van der Waals surface area contributed by atoms with Gasteiger partial charge in [-0.2, -0.15) is 0 Å². The van der Waals surface area contributed by atoms with E-state index >= 15 is 0 Å². The molecule has 0 spiro atoms. The van der Waals surface area contributed by atoms with Gasteiger partial charge in [0, 0.05) is 17.1 Å². The highest BCUT2D eigenvalue weighted by Gasteiger charge is 2.18. The second-order valence-electron chi connectivity index (χ2n) is 6.91. The first-order valence-corrected chi connectivity index (χ1v) is 9.31. The minimum atomic E-state index is -1.38. The highest BCUT2D eigenvalue weighted by atomic mass is 16.4. The number of para-hydroxylation sites is 2. The van der Waals surface area contributed by atoms with Gasteiger partial charge in [0.1, 0.15) is 5.56 Å². The summed E-state index contributed by atoms with van der Waals surface area (Å²) >= 11 is 0. The summed E-state index contributed by atoms with van der Waals surface area (Å²) < 4.78 is 1.16. The van der Waals surface area contributed by atoms with Crippen molar-refractivity contribution in [1.82, 2.24) is 4.57 Å². The summed E-state index contributed by atoms with van der Waals surface area (Å²) in [5.74, 6) is -1.38. The lowest BCUT2D eigenvalue weighted by atomic mass is 10.0. The van der Waals surface area contributed by atoms with Gasteiger partial charge in [0.15, 0.2) is 0 Å². The molecular formula is C24H18N2O4. The van der Waals surface area contributed by atoms with Gasteiger partial charge in [0.25, 0.3) is 0 Å². The van der Waals surface area contributed by atoms with Crippen LogP contribution in [0.4, 0.5) is 10.5 Å². The number of carboxylic acids is 1. The Kier molecular flexibility index (Phi) is 4.90. The first kappa shape index (κ1) is 19.1. The third-order valence-electron chi connectivity index (χ3n) is 4.89. The smallest absolute Gasteiger partial charge is 0.341 e. The molecule has 0 atom stereocenters. The Morgan fingerprint density at radius 1 is 0.900 bits per heavy atom. The van der Waals surface area contributed by atoms with Crippen molar-refractivity contribution >= 4 is 28.6 Å². The van der Waals surface area contributed by atoms with Crippen LogP contribution in [0.5, 0.6) is 0 Å². The van der Waals surface area contributed by atoms with Crippen LogP contribution in [0.1, 0.15) is 15.9 Å². The maximum atomic E-state index is 13.1. The number of nitrogens with zero attached hydrogens (tertiary/aromatic N) is 1. The van der Waals surface area contributed by atoms with E-state index in [1.54, 1.807) is 30.3 Å². The number of rotatable bonds is 3. The molecule has 0 aliphatic rings. The maximum absolute atomic E-state index is 13.1. The molecule has 0 fully saturated rings. The number of nitrogens with one attached hydrogen (secondary N) is 1. The number of hydrogen-bond donors (Lipinski definition) is 2. The lowest BCUT2D eigenvalue weighted by Gasteiger charge is -2.15. The van der Waals surface area contributed by atoms with E-state index in [9.17, 15) is 19.5 Å². The van der Waals surface area contributed by atoms with Crippen LogP contribution < -0.4 is 10.7 Å². The summed E-state index contributed by atoms with van der Waals surface area (Å²) in [5, 5.41) is 12.4. The molecule has 1 amide bonds. The summed E-state index contributed by atoms with van der Waals surface area (Å²) in [6, 6.07) is 21.1. The molecule has 1 heterocycles. The van der Waals surface area contributed by atoms with Crippen LogP contribution in [0, 0.1) is 6.92 Å². The molecule has 30 heavy (non-hydrogen) atoms. The molecule has 0 saturated carbocycles. The van der Waals surface area contributed by atoms with Crippen molar-refractivity contribution in [2.24, 2.45) is 0 Å². The summed E-state index contributed by atoms with van der Waals surface area (Å²) in [7, 11) is 0. The fraction of sp³-hybridized carbons (Fsp3) is 0.0417. The Bertz CT molecular complexity index is 1340. The number of amides is 1. The molecule has 0 aliphatic heterocycles. The molecule has 6 nitrogen and oxygen atoms in total.